The van der Waals surface area contributed by atoms with E-state index in [0.29, 0.717) is 6.42 Å². The van der Waals surface area contributed by atoms with Crippen LogP contribution in [0.3, 0.4) is 0 Å². The van der Waals surface area contributed by atoms with Crippen LogP contribution in [-0.2, 0) is 23.8 Å². The summed E-state index contributed by atoms with van der Waals surface area (Å²) in [5.41, 5.74) is -3.66. The van der Waals surface area contributed by atoms with Crippen molar-refractivity contribution in [1.29, 1.82) is 0 Å². The van der Waals surface area contributed by atoms with Crippen molar-refractivity contribution in [2.75, 3.05) is 19.7 Å². The van der Waals surface area contributed by atoms with Crippen molar-refractivity contribution in [2.24, 2.45) is 0 Å². The minimum Gasteiger partial charge on any atom is -0.459 e. The van der Waals surface area contributed by atoms with Crippen molar-refractivity contribution >= 4 is 23.9 Å². The van der Waals surface area contributed by atoms with E-state index in [4.69, 9.17) is 14.2 Å². The van der Waals surface area contributed by atoms with Gasteiger partial charge in [0.2, 0.25) is 5.54 Å². The maximum atomic E-state index is 12.9. The number of amides is 2. The third-order valence-corrected chi connectivity index (χ3v) is 3.88. The molecule has 0 bridgehead atoms. The summed E-state index contributed by atoms with van der Waals surface area (Å²) in [5.74, 6) is -1.50. The number of hydrogen-bond donors (Lipinski definition) is 1. The van der Waals surface area contributed by atoms with E-state index in [2.05, 4.69) is 11.9 Å². The van der Waals surface area contributed by atoms with Crippen molar-refractivity contribution in [3.05, 3.63) is 12.7 Å². The average molecular weight is 412 g/mol. The van der Waals surface area contributed by atoms with Gasteiger partial charge in [0.25, 0.3) is 0 Å². The first-order chi connectivity index (χ1) is 13.2. The standard InChI is InChI=1S/C20H32N2O7/c1-8-12-27-15(24)20(13-21-16(25)28-18(2,3)4)14(23)10-9-11-22(20)17(26)29-19(5,6)7/h8H,1,9-13H2,2-7H3,(H,21,25). The van der Waals surface area contributed by atoms with Gasteiger partial charge in [-0.15, -0.1) is 0 Å². The van der Waals surface area contributed by atoms with E-state index < -0.39 is 47.2 Å². The van der Waals surface area contributed by atoms with E-state index in [1.54, 1.807) is 41.5 Å². The van der Waals surface area contributed by atoms with Crippen molar-refractivity contribution in [3.63, 3.8) is 0 Å². The Kier molecular flexibility index (Phi) is 7.83. The number of alkyl carbamates (subject to hydrolysis) is 1. The lowest BCUT2D eigenvalue weighted by Crippen LogP contribution is -2.70. The number of nitrogens with zero attached hydrogens (tertiary/aromatic N) is 1. The number of carbonyl (C=O) groups excluding carboxylic acids is 4. The summed E-state index contributed by atoms with van der Waals surface area (Å²) in [6.07, 6.45) is 0.0975. The van der Waals surface area contributed by atoms with Crippen LogP contribution >= 0.6 is 0 Å². The van der Waals surface area contributed by atoms with Gasteiger partial charge in [-0.2, -0.15) is 0 Å². The lowest BCUT2D eigenvalue weighted by Gasteiger charge is -2.43. The van der Waals surface area contributed by atoms with Crippen LogP contribution in [0, 0.1) is 0 Å². The van der Waals surface area contributed by atoms with Crippen LogP contribution in [0.25, 0.3) is 0 Å². The number of carbonyl (C=O) groups is 4. The molecule has 0 saturated carbocycles. The molecule has 9 heteroatoms. The Bertz CT molecular complexity index is 661. The molecule has 164 valence electrons. The Morgan fingerprint density at radius 1 is 1.14 bits per heavy atom. The highest BCUT2D eigenvalue weighted by Crippen LogP contribution is 2.29. The largest absolute Gasteiger partial charge is 0.459 e. The number of ether oxygens (including phenoxy) is 3. The highest BCUT2D eigenvalue weighted by atomic mass is 16.6. The van der Waals surface area contributed by atoms with E-state index in [1.165, 1.54) is 6.08 Å². The van der Waals surface area contributed by atoms with Gasteiger partial charge >= 0.3 is 18.2 Å². The van der Waals surface area contributed by atoms with Gasteiger partial charge < -0.3 is 19.5 Å². The third-order valence-electron chi connectivity index (χ3n) is 3.88. The summed E-state index contributed by atoms with van der Waals surface area (Å²) in [6.45, 7) is 13.0. The minimum atomic E-state index is -2.04. The molecule has 1 aliphatic rings. The minimum absolute atomic E-state index is 0.0541. The highest BCUT2D eigenvalue weighted by Gasteiger charge is 2.56. The molecule has 0 aliphatic carbocycles. The molecule has 1 fully saturated rings. The van der Waals surface area contributed by atoms with Crippen LogP contribution < -0.4 is 5.32 Å². The van der Waals surface area contributed by atoms with Gasteiger partial charge in [-0.05, 0) is 48.0 Å². The molecule has 1 N–H and O–H groups in total. The number of Topliss-reactive ketones (excluding diaryl/α,β-unsaturated/α-hetero) is 1. The van der Waals surface area contributed by atoms with Crippen molar-refractivity contribution in [2.45, 2.75) is 71.1 Å². The summed E-state index contributed by atoms with van der Waals surface area (Å²) in [4.78, 5) is 51.9. The smallest absolute Gasteiger partial charge is 0.411 e. The zero-order valence-corrected chi connectivity index (χ0v) is 18.1. The first-order valence-electron chi connectivity index (χ1n) is 9.52. The van der Waals surface area contributed by atoms with E-state index in [1.807, 2.05) is 0 Å². The van der Waals surface area contributed by atoms with E-state index in [9.17, 15) is 19.2 Å². The van der Waals surface area contributed by atoms with Crippen LogP contribution in [0.2, 0.25) is 0 Å². The van der Waals surface area contributed by atoms with Gasteiger partial charge in [-0.25, -0.2) is 14.4 Å². The van der Waals surface area contributed by atoms with Crippen LogP contribution in [0.4, 0.5) is 9.59 Å². The molecule has 0 aromatic heterocycles. The normalized spacial score (nSPS) is 19.9. The predicted molar refractivity (Wildman–Crippen MR) is 105 cm³/mol. The van der Waals surface area contributed by atoms with Crippen LogP contribution in [0.1, 0.15) is 54.4 Å². The summed E-state index contributed by atoms with van der Waals surface area (Å²) in [6, 6.07) is 0. The number of ketones is 1. The highest BCUT2D eigenvalue weighted by molar-refractivity contribution is 6.11. The maximum Gasteiger partial charge on any atom is 0.411 e. The second-order valence-corrected chi connectivity index (χ2v) is 8.76. The third kappa shape index (κ3) is 6.76. The molecular formula is C20H32N2O7. The monoisotopic (exact) mass is 412 g/mol. The SMILES string of the molecule is C=CCOC(=O)C1(CNC(=O)OC(C)(C)C)C(=O)CCCN1C(=O)OC(C)(C)C. The fourth-order valence-electron chi connectivity index (χ4n) is 2.77. The molecule has 29 heavy (non-hydrogen) atoms. The molecule has 9 nitrogen and oxygen atoms in total. The molecule has 1 rings (SSSR count). The number of nitrogens with one attached hydrogen (secondary N) is 1. The first-order valence-corrected chi connectivity index (χ1v) is 9.52. The number of rotatable bonds is 5. The quantitative estimate of drug-likeness (QED) is 0.320. The molecule has 1 heterocycles. The first kappa shape index (κ1) is 24.5. The molecule has 1 aliphatic heterocycles. The van der Waals surface area contributed by atoms with Crippen molar-refractivity contribution < 1.29 is 33.4 Å². The van der Waals surface area contributed by atoms with Gasteiger partial charge in [0.1, 0.15) is 17.8 Å². The summed E-state index contributed by atoms with van der Waals surface area (Å²) >= 11 is 0. The Morgan fingerprint density at radius 2 is 1.72 bits per heavy atom. The van der Waals surface area contributed by atoms with E-state index >= 15 is 0 Å². The number of esters is 1. The molecular weight excluding hydrogens is 380 g/mol. The molecule has 1 unspecified atom stereocenters. The topological polar surface area (TPSA) is 111 Å². The Labute approximate surface area is 171 Å². The van der Waals surface area contributed by atoms with Gasteiger partial charge in [0, 0.05) is 13.0 Å². The molecule has 0 spiro atoms. The lowest BCUT2D eigenvalue weighted by molar-refractivity contribution is -0.164. The Balaban J connectivity index is 3.26. The van der Waals surface area contributed by atoms with E-state index in [-0.39, 0.29) is 19.6 Å². The Morgan fingerprint density at radius 3 is 2.24 bits per heavy atom. The summed E-state index contributed by atoms with van der Waals surface area (Å²) in [7, 11) is 0. The fraction of sp³-hybridized carbons (Fsp3) is 0.700. The molecule has 1 saturated heterocycles. The van der Waals surface area contributed by atoms with Crippen molar-refractivity contribution in [3.8, 4) is 0 Å². The molecule has 1 atom stereocenters. The lowest BCUT2D eigenvalue weighted by atomic mass is 9.85. The average Bonchev–Trinajstić information content (AvgIpc) is 2.55. The summed E-state index contributed by atoms with van der Waals surface area (Å²) < 4.78 is 15.7. The number of piperidine rings is 1. The predicted octanol–water partition coefficient (Wildman–Crippen LogP) is 2.58. The Hall–Kier alpha value is -2.58. The second kappa shape index (κ2) is 9.28. The fourth-order valence-corrected chi connectivity index (χ4v) is 2.77. The molecule has 0 aromatic rings. The molecule has 2 amide bonds. The number of likely N-dealkylation sites (tertiary alicyclic amines) is 1. The van der Waals surface area contributed by atoms with Gasteiger partial charge in [0.05, 0.1) is 6.54 Å². The van der Waals surface area contributed by atoms with Gasteiger partial charge in [-0.3, -0.25) is 9.69 Å². The zero-order chi connectivity index (χ0) is 22.5. The van der Waals surface area contributed by atoms with Gasteiger partial charge in [0.15, 0.2) is 5.78 Å². The van der Waals surface area contributed by atoms with E-state index in [0.717, 1.165) is 4.90 Å². The zero-order valence-electron chi connectivity index (χ0n) is 18.1. The summed E-state index contributed by atoms with van der Waals surface area (Å²) in [5, 5.41) is 2.43. The molecule has 0 radical (unpaired) electrons. The number of hydrogen-bond acceptors (Lipinski definition) is 7. The van der Waals surface area contributed by atoms with Gasteiger partial charge in [-0.1, -0.05) is 12.7 Å². The van der Waals surface area contributed by atoms with Crippen molar-refractivity contribution in [1.82, 2.24) is 10.2 Å². The van der Waals surface area contributed by atoms with Crippen LogP contribution in [-0.4, -0.2) is 65.3 Å². The molecule has 0 aromatic carbocycles. The maximum absolute atomic E-state index is 12.9. The van der Waals surface area contributed by atoms with Crippen LogP contribution in [0.15, 0.2) is 12.7 Å². The van der Waals surface area contributed by atoms with Crippen LogP contribution in [0.5, 0.6) is 0 Å². The second-order valence-electron chi connectivity index (χ2n) is 8.76.